The maximum absolute atomic E-state index is 12.4. The van der Waals surface area contributed by atoms with Crippen molar-refractivity contribution in [3.8, 4) is 0 Å². The SMILES string of the molecule is Nc1cccc(CN2CCN(C(=O)CN3CCOCC3)CC2)c1. The summed E-state index contributed by atoms with van der Waals surface area (Å²) >= 11 is 0. The van der Waals surface area contributed by atoms with Gasteiger partial charge in [0.2, 0.25) is 5.91 Å². The van der Waals surface area contributed by atoms with Crippen LogP contribution in [-0.4, -0.2) is 79.6 Å². The molecule has 0 aromatic heterocycles. The van der Waals surface area contributed by atoms with Crippen LogP contribution in [-0.2, 0) is 16.1 Å². The highest BCUT2D eigenvalue weighted by Crippen LogP contribution is 2.12. The van der Waals surface area contributed by atoms with E-state index in [0.29, 0.717) is 6.54 Å². The zero-order chi connectivity index (χ0) is 16.1. The van der Waals surface area contributed by atoms with Crippen LogP contribution in [0.4, 0.5) is 5.69 Å². The second kappa shape index (κ2) is 7.77. The smallest absolute Gasteiger partial charge is 0.236 e. The summed E-state index contributed by atoms with van der Waals surface area (Å²) in [6, 6.07) is 8.03. The normalized spacial score (nSPS) is 20.6. The molecule has 3 rings (SSSR count). The van der Waals surface area contributed by atoms with Gasteiger partial charge in [-0.05, 0) is 17.7 Å². The van der Waals surface area contributed by atoms with E-state index in [4.69, 9.17) is 10.5 Å². The Morgan fingerprint density at radius 2 is 1.78 bits per heavy atom. The highest BCUT2D eigenvalue weighted by Gasteiger charge is 2.23. The van der Waals surface area contributed by atoms with Crippen molar-refractivity contribution < 1.29 is 9.53 Å². The van der Waals surface area contributed by atoms with Gasteiger partial charge in [-0.3, -0.25) is 14.6 Å². The van der Waals surface area contributed by atoms with Gasteiger partial charge in [-0.15, -0.1) is 0 Å². The molecule has 0 atom stereocenters. The number of ether oxygens (including phenoxy) is 1. The summed E-state index contributed by atoms with van der Waals surface area (Å²) in [6.07, 6.45) is 0. The first-order chi connectivity index (χ1) is 11.2. The van der Waals surface area contributed by atoms with Crippen molar-refractivity contribution in [3.63, 3.8) is 0 Å². The van der Waals surface area contributed by atoms with Gasteiger partial charge in [0.1, 0.15) is 0 Å². The number of hydrogen-bond donors (Lipinski definition) is 1. The van der Waals surface area contributed by atoms with Gasteiger partial charge < -0.3 is 15.4 Å². The monoisotopic (exact) mass is 318 g/mol. The summed E-state index contributed by atoms with van der Waals surface area (Å²) in [6.45, 7) is 8.09. The molecule has 2 aliphatic heterocycles. The van der Waals surface area contributed by atoms with Crippen molar-refractivity contribution in [1.29, 1.82) is 0 Å². The minimum Gasteiger partial charge on any atom is -0.399 e. The van der Waals surface area contributed by atoms with Gasteiger partial charge in [0.25, 0.3) is 0 Å². The van der Waals surface area contributed by atoms with Crippen molar-refractivity contribution in [3.05, 3.63) is 29.8 Å². The lowest BCUT2D eigenvalue weighted by Crippen LogP contribution is -2.51. The van der Waals surface area contributed by atoms with E-state index in [1.165, 1.54) is 5.56 Å². The molecule has 2 fully saturated rings. The molecule has 0 spiro atoms. The molecule has 2 N–H and O–H groups in total. The molecule has 0 unspecified atom stereocenters. The predicted octanol–water partition coefficient (Wildman–Crippen LogP) is 0.245. The lowest BCUT2D eigenvalue weighted by atomic mass is 10.1. The average Bonchev–Trinajstić information content (AvgIpc) is 2.56. The standard InChI is InChI=1S/C17H26N4O2/c18-16-3-1-2-15(12-16)13-19-4-6-21(7-5-19)17(22)14-20-8-10-23-11-9-20/h1-3,12H,4-11,13-14,18H2. The lowest BCUT2D eigenvalue weighted by molar-refractivity contribution is -0.135. The number of carbonyl (C=O) groups excluding carboxylic acids is 1. The van der Waals surface area contributed by atoms with Gasteiger partial charge in [0.05, 0.1) is 19.8 Å². The van der Waals surface area contributed by atoms with Crippen molar-refractivity contribution in [2.24, 2.45) is 0 Å². The molecule has 23 heavy (non-hydrogen) atoms. The number of nitrogens with two attached hydrogens (primary N) is 1. The molecule has 2 heterocycles. The highest BCUT2D eigenvalue weighted by molar-refractivity contribution is 5.78. The number of morpholine rings is 1. The van der Waals surface area contributed by atoms with E-state index in [1.54, 1.807) is 0 Å². The van der Waals surface area contributed by atoms with E-state index in [1.807, 2.05) is 23.1 Å². The van der Waals surface area contributed by atoms with Gasteiger partial charge in [-0.25, -0.2) is 0 Å². The number of nitrogen functional groups attached to an aromatic ring is 1. The van der Waals surface area contributed by atoms with Crippen molar-refractivity contribution in [1.82, 2.24) is 14.7 Å². The quantitative estimate of drug-likeness (QED) is 0.806. The largest absolute Gasteiger partial charge is 0.399 e. The maximum Gasteiger partial charge on any atom is 0.236 e. The van der Waals surface area contributed by atoms with Gasteiger partial charge in [-0.2, -0.15) is 0 Å². The number of amides is 1. The maximum atomic E-state index is 12.4. The third-order valence-electron chi connectivity index (χ3n) is 4.54. The Labute approximate surface area is 137 Å². The van der Waals surface area contributed by atoms with E-state index in [-0.39, 0.29) is 5.91 Å². The van der Waals surface area contributed by atoms with Crippen LogP contribution in [0.3, 0.4) is 0 Å². The second-order valence-electron chi connectivity index (χ2n) is 6.29. The van der Waals surface area contributed by atoms with Crippen LogP contribution < -0.4 is 5.73 Å². The van der Waals surface area contributed by atoms with E-state index in [2.05, 4.69) is 15.9 Å². The minimum absolute atomic E-state index is 0.246. The second-order valence-corrected chi connectivity index (χ2v) is 6.29. The van der Waals surface area contributed by atoms with Gasteiger partial charge in [0, 0.05) is 51.5 Å². The number of rotatable bonds is 4. The molecule has 126 valence electrons. The fourth-order valence-corrected chi connectivity index (χ4v) is 3.16. The van der Waals surface area contributed by atoms with Gasteiger partial charge >= 0.3 is 0 Å². The van der Waals surface area contributed by atoms with E-state index in [9.17, 15) is 4.79 Å². The Balaban J connectivity index is 1.43. The van der Waals surface area contributed by atoms with Crippen molar-refractivity contribution >= 4 is 11.6 Å². The van der Waals surface area contributed by atoms with Crippen molar-refractivity contribution in [2.45, 2.75) is 6.54 Å². The summed E-state index contributed by atoms with van der Waals surface area (Å²) in [5.74, 6) is 0.246. The van der Waals surface area contributed by atoms with E-state index < -0.39 is 0 Å². The Kier molecular flexibility index (Phi) is 5.48. The molecule has 0 radical (unpaired) electrons. The van der Waals surface area contributed by atoms with Crippen LogP contribution in [0.25, 0.3) is 0 Å². The number of piperazine rings is 1. The molecule has 0 bridgehead atoms. The van der Waals surface area contributed by atoms with Gasteiger partial charge in [0.15, 0.2) is 0 Å². The summed E-state index contributed by atoms with van der Waals surface area (Å²) in [5.41, 5.74) is 7.87. The van der Waals surface area contributed by atoms with Crippen LogP contribution in [0.15, 0.2) is 24.3 Å². The first-order valence-corrected chi connectivity index (χ1v) is 8.35. The van der Waals surface area contributed by atoms with E-state index in [0.717, 1.165) is 64.7 Å². The molecule has 0 saturated carbocycles. The number of hydrogen-bond acceptors (Lipinski definition) is 5. The highest BCUT2D eigenvalue weighted by atomic mass is 16.5. The molecule has 6 heteroatoms. The van der Waals surface area contributed by atoms with Crippen molar-refractivity contribution in [2.75, 3.05) is 64.8 Å². The van der Waals surface area contributed by atoms with Crippen LogP contribution in [0.5, 0.6) is 0 Å². The first kappa shape index (κ1) is 16.2. The lowest BCUT2D eigenvalue weighted by Gasteiger charge is -2.36. The van der Waals surface area contributed by atoms with Gasteiger partial charge in [-0.1, -0.05) is 12.1 Å². The van der Waals surface area contributed by atoms with Crippen LogP contribution in [0.1, 0.15) is 5.56 Å². The third-order valence-corrected chi connectivity index (χ3v) is 4.54. The minimum atomic E-state index is 0.246. The number of carbonyl (C=O) groups is 1. The number of benzene rings is 1. The van der Waals surface area contributed by atoms with Crippen LogP contribution >= 0.6 is 0 Å². The fourth-order valence-electron chi connectivity index (χ4n) is 3.16. The number of anilines is 1. The topological polar surface area (TPSA) is 62.0 Å². The predicted molar refractivity (Wildman–Crippen MR) is 90.0 cm³/mol. The fraction of sp³-hybridized carbons (Fsp3) is 0.588. The molecule has 1 aromatic rings. The van der Waals surface area contributed by atoms with Crippen LogP contribution in [0, 0.1) is 0 Å². The third kappa shape index (κ3) is 4.67. The van der Waals surface area contributed by atoms with Crippen LogP contribution in [0.2, 0.25) is 0 Å². The Morgan fingerprint density at radius 3 is 2.48 bits per heavy atom. The molecule has 2 aliphatic rings. The molecule has 1 aromatic carbocycles. The summed E-state index contributed by atoms with van der Waals surface area (Å²) in [5, 5.41) is 0. The summed E-state index contributed by atoms with van der Waals surface area (Å²) in [4.78, 5) is 18.9. The molecule has 1 amide bonds. The zero-order valence-electron chi connectivity index (χ0n) is 13.6. The Morgan fingerprint density at radius 1 is 1.04 bits per heavy atom. The molecular weight excluding hydrogens is 292 g/mol. The summed E-state index contributed by atoms with van der Waals surface area (Å²) in [7, 11) is 0. The van der Waals surface area contributed by atoms with E-state index >= 15 is 0 Å². The Hall–Kier alpha value is -1.63. The molecule has 6 nitrogen and oxygen atoms in total. The molecule has 0 aliphatic carbocycles. The number of nitrogens with zero attached hydrogens (tertiary/aromatic N) is 3. The zero-order valence-corrected chi connectivity index (χ0v) is 13.6. The summed E-state index contributed by atoms with van der Waals surface area (Å²) < 4.78 is 5.32. The molecule has 2 saturated heterocycles. The average molecular weight is 318 g/mol. The Bertz CT molecular complexity index is 523. The first-order valence-electron chi connectivity index (χ1n) is 8.35. The molecular formula is C17H26N4O2.